The van der Waals surface area contributed by atoms with Gasteiger partial charge in [-0.3, -0.25) is 4.57 Å². The molecule has 0 saturated carbocycles. The summed E-state index contributed by atoms with van der Waals surface area (Å²) in [4.78, 5) is 16.2. The number of hydrogen-bond acceptors (Lipinski definition) is 7. The van der Waals surface area contributed by atoms with Crippen LogP contribution in [0.5, 0.6) is 29.3 Å². The van der Waals surface area contributed by atoms with Crippen LogP contribution in [-0.2, 0) is 11.3 Å². The van der Waals surface area contributed by atoms with Crippen LogP contribution in [0.4, 0.5) is 0 Å². The highest BCUT2D eigenvalue weighted by Crippen LogP contribution is 2.33. The Morgan fingerprint density at radius 1 is 1.05 bits per heavy atom. The Bertz CT molecular complexity index is 639. The molecule has 2 heterocycles. The highest BCUT2D eigenvalue weighted by atomic mass is 16.7. The average Bonchev–Trinajstić information content (AvgIpc) is 2.85. The van der Waals surface area contributed by atoms with Gasteiger partial charge in [-0.05, 0) is 6.42 Å². The molecule has 0 bridgehead atoms. The molecule has 21 heavy (non-hydrogen) atoms. The molecule has 0 aliphatic rings. The van der Waals surface area contributed by atoms with Crippen molar-refractivity contribution in [1.29, 1.82) is 0 Å². The van der Waals surface area contributed by atoms with E-state index in [9.17, 15) is 30.3 Å². The van der Waals surface area contributed by atoms with Gasteiger partial charge in [0.25, 0.3) is 0 Å². The molecule has 0 amide bonds. The Kier molecular flexibility index (Phi) is 3.83. The maximum absolute atomic E-state index is 11.5. The van der Waals surface area contributed by atoms with E-state index in [0.29, 0.717) is 4.73 Å². The van der Waals surface area contributed by atoms with Crippen molar-refractivity contribution in [2.24, 2.45) is 0 Å². The lowest BCUT2D eigenvalue weighted by molar-refractivity contribution is -0.145. The van der Waals surface area contributed by atoms with Gasteiger partial charge in [0.1, 0.15) is 0 Å². The second-order valence-corrected chi connectivity index (χ2v) is 4.27. The molecule has 0 fully saturated rings. The Morgan fingerprint density at radius 3 is 2.19 bits per heavy atom. The lowest BCUT2D eigenvalue weighted by atomic mass is 10.3. The van der Waals surface area contributed by atoms with Crippen molar-refractivity contribution >= 4 is 5.97 Å². The third-order valence-electron chi connectivity index (χ3n) is 2.78. The Labute approximate surface area is 118 Å². The highest BCUT2D eigenvalue weighted by Gasteiger charge is 2.15. The normalized spacial score (nSPS) is 10.7. The van der Waals surface area contributed by atoms with E-state index in [1.807, 2.05) is 0 Å². The van der Waals surface area contributed by atoms with Crippen molar-refractivity contribution in [2.45, 2.75) is 19.4 Å². The summed E-state index contributed by atoms with van der Waals surface area (Å²) in [6, 6.07) is 3.28. The fourth-order valence-corrected chi connectivity index (χ4v) is 1.76. The van der Waals surface area contributed by atoms with Crippen LogP contribution < -0.4 is 4.84 Å². The predicted molar refractivity (Wildman–Crippen MR) is 68.0 cm³/mol. The standard InChI is InChI=1S/C12H14N2O7/c15-7-6-10(18)13(12(7)20)5-1-2-11(19)21-14-8(16)3-4-9(14)17/h3-4,6,15-18,20H,1-2,5H2. The molecule has 0 aliphatic carbocycles. The first-order valence-electron chi connectivity index (χ1n) is 6.01. The molecule has 2 rings (SSSR count). The van der Waals surface area contributed by atoms with Gasteiger partial charge in [-0.1, -0.05) is 0 Å². The first-order valence-corrected chi connectivity index (χ1v) is 6.01. The van der Waals surface area contributed by atoms with E-state index < -0.39 is 29.4 Å². The van der Waals surface area contributed by atoms with E-state index in [4.69, 9.17) is 4.84 Å². The molecule has 9 nitrogen and oxygen atoms in total. The summed E-state index contributed by atoms with van der Waals surface area (Å²) >= 11 is 0. The molecular formula is C12H14N2O7. The van der Waals surface area contributed by atoms with Gasteiger partial charge in [0, 0.05) is 31.2 Å². The molecule has 2 aromatic rings. The number of hydrogen-bond donors (Lipinski definition) is 5. The third kappa shape index (κ3) is 2.96. The number of aromatic hydroxyl groups is 5. The molecule has 0 saturated heterocycles. The number of nitrogens with zero attached hydrogens (tertiary/aromatic N) is 2. The molecule has 0 spiro atoms. The van der Waals surface area contributed by atoms with Crippen molar-refractivity contribution in [2.75, 3.05) is 0 Å². The van der Waals surface area contributed by atoms with Gasteiger partial charge in [-0.25, -0.2) is 4.79 Å². The zero-order valence-electron chi connectivity index (χ0n) is 10.8. The van der Waals surface area contributed by atoms with Gasteiger partial charge in [-0.15, -0.1) is 4.73 Å². The SMILES string of the molecule is O=C(CCCn1c(O)cc(O)c1O)On1c(O)ccc1O. The highest BCUT2D eigenvalue weighted by molar-refractivity contribution is 5.69. The Morgan fingerprint density at radius 2 is 1.67 bits per heavy atom. The molecule has 9 heteroatoms. The molecule has 0 atom stereocenters. The zero-order chi connectivity index (χ0) is 15.6. The van der Waals surface area contributed by atoms with Crippen LogP contribution in [0.1, 0.15) is 12.8 Å². The average molecular weight is 298 g/mol. The molecule has 2 aromatic heterocycles. The Balaban J connectivity index is 1.88. The van der Waals surface area contributed by atoms with E-state index in [1.165, 1.54) is 0 Å². The summed E-state index contributed by atoms with van der Waals surface area (Å²) in [6.07, 6.45) is 0.0890. The molecular weight excluding hydrogens is 284 g/mol. The maximum Gasteiger partial charge on any atom is 0.333 e. The van der Waals surface area contributed by atoms with Crippen LogP contribution in [0.25, 0.3) is 0 Å². The summed E-state index contributed by atoms with van der Waals surface area (Å²) < 4.78 is 1.59. The second-order valence-electron chi connectivity index (χ2n) is 4.27. The van der Waals surface area contributed by atoms with E-state index in [2.05, 4.69) is 0 Å². The zero-order valence-corrected chi connectivity index (χ0v) is 10.8. The summed E-state index contributed by atoms with van der Waals surface area (Å²) in [6.45, 7) is 0.0664. The minimum atomic E-state index is -0.729. The van der Waals surface area contributed by atoms with Crippen LogP contribution in [-0.4, -0.2) is 40.8 Å². The van der Waals surface area contributed by atoms with Gasteiger partial charge in [0.15, 0.2) is 11.6 Å². The van der Waals surface area contributed by atoms with E-state index in [0.717, 1.165) is 22.8 Å². The number of carbonyl (C=O) groups is 1. The van der Waals surface area contributed by atoms with Crippen molar-refractivity contribution in [3.8, 4) is 29.3 Å². The fourth-order valence-electron chi connectivity index (χ4n) is 1.76. The summed E-state index contributed by atoms with van der Waals surface area (Å²) in [5.74, 6) is -2.87. The largest absolute Gasteiger partial charge is 0.503 e. The van der Waals surface area contributed by atoms with Crippen LogP contribution in [0.2, 0.25) is 0 Å². The predicted octanol–water partition coefficient (Wildman–Crippen LogP) is 0.253. The van der Waals surface area contributed by atoms with E-state index in [1.54, 1.807) is 0 Å². The molecule has 0 aromatic carbocycles. The van der Waals surface area contributed by atoms with Crippen LogP contribution in [0.15, 0.2) is 18.2 Å². The first kappa shape index (κ1) is 14.4. The molecule has 5 N–H and O–H groups in total. The van der Waals surface area contributed by atoms with E-state index in [-0.39, 0.29) is 25.3 Å². The van der Waals surface area contributed by atoms with Gasteiger partial charge >= 0.3 is 5.97 Å². The third-order valence-corrected chi connectivity index (χ3v) is 2.78. The molecule has 0 aliphatic heterocycles. The van der Waals surface area contributed by atoms with Crippen LogP contribution >= 0.6 is 0 Å². The summed E-state index contributed by atoms with van der Waals surface area (Å²) in [5.41, 5.74) is 0. The van der Waals surface area contributed by atoms with Crippen molar-refractivity contribution < 1.29 is 35.2 Å². The van der Waals surface area contributed by atoms with Crippen molar-refractivity contribution in [3.05, 3.63) is 18.2 Å². The quantitative estimate of drug-likeness (QED) is 0.533. The van der Waals surface area contributed by atoms with E-state index >= 15 is 0 Å². The molecule has 0 unspecified atom stereocenters. The lowest BCUT2D eigenvalue weighted by Gasteiger charge is -2.08. The number of rotatable bonds is 5. The lowest BCUT2D eigenvalue weighted by Crippen LogP contribution is -2.19. The fraction of sp³-hybridized carbons (Fsp3) is 0.250. The van der Waals surface area contributed by atoms with Crippen LogP contribution in [0.3, 0.4) is 0 Å². The molecule has 114 valence electrons. The monoisotopic (exact) mass is 298 g/mol. The number of aromatic nitrogens is 2. The minimum absolute atomic E-state index is 0.0664. The maximum atomic E-state index is 11.5. The molecule has 0 radical (unpaired) electrons. The number of carbonyl (C=O) groups excluding carboxylic acids is 1. The topological polar surface area (TPSA) is 137 Å². The second kappa shape index (κ2) is 5.57. The van der Waals surface area contributed by atoms with Crippen molar-refractivity contribution in [1.82, 2.24) is 9.30 Å². The van der Waals surface area contributed by atoms with Gasteiger partial charge in [-0.2, -0.15) is 0 Å². The van der Waals surface area contributed by atoms with Gasteiger partial charge in [0.2, 0.25) is 17.6 Å². The van der Waals surface area contributed by atoms with Crippen molar-refractivity contribution in [3.63, 3.8) is 0 Å². The smallest absolute Gasteiger partial charge is 0.333 e. The summed E-state index contributed by atoms with van der Waals surface area (Å²) in [5, 5.41) is 46.6. The van der Waals surface area contributed by atoms with Crippen LogP contribution in [0, 0.1) is 0 Å². The minimum Gasteiger partial charge on any atom is -0.503 e. The van der Waals surface area contributed by atoms with Gasteiger partial charge < -0.3 is 30.4 Å². The summed E-state index contributed by atoms with van der Waals surface area (Å²) in [7, 11) is 0. The van der Waals surface area contributed by atoms with Gasteiger partial charge in [0.05, 0.1) is 0 Å². The first-order chi connectivity index (χ1) is 9.90. The Hall–Kier alpha value is -2.97.